The minimum Gasteiger partial charge on any atom is -0.468 e. The SMILES string of the molecule is COC(=O)CS(=O)(=O)N1CCCNC(=O)C1. The number of hydrogen-bond acceptors (Lipinski definition) is 5. The number of carbonyl (C=O) groups excluding carboxylic acids is 2. The first-order valence-corrected chi connectivity index (χ1v) is 6.38. The largest absolute Gasteiger partial charge is 0.468 e. The Hall–Kier alpha value is -1.15. The van der Waals surface area contributed by atoms with Crippen LogP contribution in [0.25, 0.3) is 0 Å². The van der Waals surface area contributed by atoms with Crippen LogP contribution in [0.15, 0.2) is 0 Å². The highest BCUT2D eigenvalue weighted by Crippen LogP contribution is 2.05. The highest BCUT2D eigenvalue weighted by Gasteiger charge is 2.28. The Morgan fingerprint density at radius 2 is 2.25 bits per heavy atom. The summed E-state index contributed by atoms with van der Waals surface area (Å²) in [5.74, 6) is -1.91. The van der Waals surface area contributed by atoms with Crippen molar-refractivity contribution in [3.63, 3.8) is 0 Å². The molecule has 1 aliphatic heterocycles. The Bertz CT molecular complexity index is 378. The van der Waals surface area contributed by atoms with Gasteiger partial charge in [-0.15, -0.1) is 0 Å². The van der Waals surface area contributed by atoms with E-state index in [1.807, 2.05) is 0 Å². The van der Waals surface area contributed by atoms with E-state index in [2.05, 4.69) is 10.1 Å². The molecule has 0 saturated carbocycles. The molecule has 1 heterocycles. The van der Waals surface area contributed by atoms with Gasteiger partial charge in [0, 0.05) is 13.1 Å². The lowest BCUT2D eigenvalue weighted by Crippen LogP contribution is -2.40. The van der Waals surface area contributed by atoms with Gasteiger partial charge in [-0.1, -0.05) is 0 Å². The molecule has 92 valence electrons. The summed E-state index contributed by atoms with van der Waals surface area (Å²) in [5, 5.41) is 2.55. The van der Waals surface area contributed by atoms with Gasteiger partial charge in [0.15, 0.2) is 5.75 Å². The summed E-state index contributed by atoms with van der Waals surface area (Å²) >= 11 is 0. The monoisotopic (exact) mass is 250 g/mol. The van der Waals surface area contributed by atoms with Crippen LogP contribution in [0, 0.1) is 0 Å². The van der Waals surface area contributed by atoms with E-state index < -0.39 is 21.7 Å². The zero-order chi connectivity index (χ0) is 12.2. The molecule has 1 fully saturated rings. The zero-order valence-corrected chi connectivity index (χ0v) is 9.75. The van der Waals surface area contributed by atoms with Gasteiger partial charge in [-0.05, 0) is 6.42 Å². The van der Waals surface area contributed by atoms with Gasteiger partial charge in [0.25, 0.3) is 0 Å². The highest BCUT2D eigenvalue weighted by molar-refractivity contribution is 7.89. The smallest absolute Gasteiger partial charge is 0.322 e. The van der Waals surface area contributed by atoms with E-state index in [4.69, 9.17) is 0 Å². The van der Waals surface area contributed by atoms with Gasteiger partial charge in [0.05, 0.1) is 13.7 Å². The second-order valence-electron chi connectivity index (χ2n) is 3.37. The van der Waals surface area contributed by atoms with Crippen molar-refractivity contribution < 1.29 is 22.7 Å². The Labute approximate surface area is 93.8 Å². The van der Waals surface area contributed by atoms with Gasteiger partial charge in [-0.2, -0.15) is 4.31 Å². The molecule has 1 rings (SSSR count). The van der Waals surface area contributed by atoms with Crippen LogP contribution < -0.4 is 5.32 Å². The van der Waals surface area contributed by atoms with E-state index in [-0.39, 0.29) is 19.0 Å². The van der Waals surface area contributed by atoms with Crippen molar-refractivity contribution in [1.82, 2.24) is 9.62 Å². The van der Waals surface area contributed by atoms with Crippen LogP contribution >= 0.6 is 0 Å². The first-order valence-electron chi connectivity index (χ1n) is 4.77. The van der Waals surface area contributed by atoms with Crippen LogP contribution in [0.1, 0.15) is 6.42 Å². The van der Waals surface area contributed by atoms with Crippen molar-refractivity contribution in [2.75, 3.05) is 32.5 Å². The van der Waals surface area contributed by atoms with Crippen LogP contribution in [-0.4, -0.2) is 57.1 Å². The number of carbonyl (C=O) groups is 2. The molecular weight excluding hydrogens is 236 g/mol. The molecule has 0 bridgehead atoms. The minimum atomic E-state index is -3.75. The fourth-order valence-corrected chi connectivity index (χ4v) is 2.63. The summed E-state index contributed by atoms with van der Waals surface area (Å²) in [5.41, 5.74) is 0. The molecule has 0 aromatic rings. The summed E-state index contributed by atoms with van der Waals surface area (Å²) in [7, 11) is -2.63. The number of ether oxygens (including phenoxy) is 1. The lowest BCUT2D eigenvalue weighted by Gasteiger charge is -2.17. The number of esters is 1. The molecule has 0 spiro atoms. The molecule has 0 radical (unpaired) electrons. The number of sulfonamides is 1. The average Bonchev–Trinajstić information content (AvgIpc) is 2.42. The van der Waals surface area contributed by atoms with Gasteiger partial charge in [-0.3, -0.25) is 9.59 Å². The molecule has 8 heteroatoms. The molecule has 0 aromatic carbocycles. The molecule has 0 unspecified atom stereocenters. The number of methoxy groups -OCH3 is 1. The average molecular weight is 250 g/mol. The Morgan fingerprint density at radius 1 is 1.56 bits per heavy atom. The maximum absolute atomic E-state index is 11.7. The third-order valence-corrected chi connectivity index (χ3v) is 3.85. The highest BCUT2D eigenvalue weighted by atomic mass is 32.2. The van der Waals surface area contributed by atoms with Crippen molar-refractivity contribution in [2.24, 2.45) is 0 Å². The summed E-state index contributed by atoms with van der Waals surface area (Å²) in [6.07, 6.45) is 0.534. The first-order chi connectivity index (χ1) is 7.45. The number of hydrogen-bond donors (Lipinski definition) is 1. The van der Waals surface area contributed by atoms with E-state index in [9.17, 15) is 18.0 Å². The van der Waals surface area contributed by atoms with Crippen LogP contribution in [0.5, 0.6) is 0 Å². The van der Waals surface area contributed by atoms with Crippen LogP contribution in [-0.2, 0) is 24.3 Å². The number of amides is 1. The zero-order valence-electron chi connectivity index (χ0n) is 8.93. The maximum Gasteiger partial charge on any atom is 0.322 e. The number of rotatable bonds is 3. The van der Waals surface area contributed by atoms with E-state index in [1.54, 1.807) is 0 Å². The Morgan fingerprint density at radius 3 is 2.88 bits per heavy atom. The lowest BCUT2D eigenvalue weighted by atomic mass is 10.4. The third-order valence-electron chi connectivity index (χ3n) is 2.15. The van der Waals surface area contributed by atoms with Gasteiger partial charge in [0.1, 0.15) is 0 Å². The predicted molar refractivity (Wildman–Crippen MR) is 55.0 cm³/mol. The minimum absolute atomic E-state index is 0.234. The molecule has 0 aliphatic carbocycles. The maximum atomic E-state index is 11.7. The van der Waals surface area contributed by atoms with Crippen LogP contribution in [0.4, 0.5) is 0 Å². The van der Waals surface area contributed by atoms with Crippen molar-refractivity contribution in [3.8, 4) is 0 Å². The van der Waals surface area contributed by atoms with Gasteiger partial charge >= 0.3 is 5.97 Å². The summed E-state index contributed by atoms with van der Waals surface area (Å²) < 4.78 is 28.7. The molecular formula is C8H14N2O5S. The first kappa shape index (κ1) is 12.9. The number of nitrogens with one attached hydrogen (secondary N) is 1. The molecule has 7 nitrogen and oxygen atoms in total. The normalized spacial score (nSPS) is 18.7. The second-order valence-corrected chi connectivity index (χ2v) is 5.34. The molecule has 1 amide bonds. The van der Waals surface area contributed by atoms with E-state index in [1.165, 1.54) is 0 Å². The lowest BCUT2D eigenvalue weighted by molar-refractivity contribution is -0.137. The topological polar surface area (TPSA) is 92.8 Å². The Balaban J connectivity index is 2.73. The van der Waals surface area contributed by atoms with Crippen LogP contribution in [0.3, 0.4) is 0 Å². The molecule has 0 aromatic heterocycles. The van der Waals surface area contributed by atoms with Crippen molar-refractivity contribution in [3.05, 3.63) is 0 Å². The predicted octanol–water partition coefficient (Wildman–Crippen LogP) is -1.69. The van der Waals surface area contributed by atoms with Crippen LogP contribution in [0.2, 0.25) is 0 Å². The van der Waals surface area contributed by atoms with E-state index in [0.29, 0.717) is 13.0 Å². The summed E-state index contributed by atoms with van der Waals surface area (Å²) in [6, 6.07) is 0. The molecule has 16 heavy (non-hydrogen) atoms. The molecule has 1 aliphatic rings. The quantitative estimate of drug-likeness (QED) is 0.603. The Kier molecular flexibility index (Phi) is 4.25. The molecule has 1 N–H and O–H groups in total. The second kappa shape index (κ2) is 5.26. The van der Waals surface area contributed by atoms with Gasteiger partial charge in [-0.25, -0.2) is 8.42 Å². The summed E-state index contributed by atoms with van der Waals surface area (Å²) in [6.45, 7) is 0.445. The fraction of sp³-hybridized carbons (Fsp3) is 0.750. The van der Waals surface area contributed by atoms with Crippen molar-refractivity contribution in [2.45, 2.75) is 6.42 Å². The molecule has 0 atom stereocenters. The third kappa shape index (κ3) is 3.46. The fourth-order valence-electron chi connectivity index (χ4n) is 1.31. The van der Waals surface area contributed by atoms with Gasteiger partial charge in [0.2, 0.25) is 15.9 Å². The number of nitrogens with zero attached hydrogens (tertiary/aromatic N) is 1. The van der Waals surface area contributed by atoms with Crippen molar-refractivity contribution >= 4 is 21.9 Å². The van der Waals surface area contributed by atoms with Crippen molar-refractivity contribution in [1.29, 1.82) is 0 Å². The summed E-state index contributed by atoms with van der Waals surface area (Å²) in [4.78, 5) is 22.1. The standard InChI is InChI=1S/C8H14N2O5S/c1-15-8(12)6-16(13,14)10-4-2-3-9-7(11)5-10/h2-6H2,1H3,(H,9,11). The molecule has 1 saturated heterocycles. The van der Waals surface area contributed by atoms with E-state index in [0.717, 1.165) is 11.4 Å². The van der Waals surface area contributed by atoms with Gasteiger partial charge < -0.3 is 10.1 Å². The van der Waals surface area contributed by atoms with E-state index >= 15 is 0 Å².